The first kappa shape index (κ1) is 20.0. The molecular formula is C22H21ClN4O3. The number of para-hydroxylation sites is 1. The van der Waals surface area contributed by atoms with E-state index < -0.39 is 12.1 Å². The van der Waals surface area contributed by atoms with Gasteiger partial charge in [-0.3, -0.25) is 14.5 Å². The first-order valence-electron chi connectivity index (χ1n) is 9.73. The van der Waals surface area contributed by atoms with Crippen molar-refractivity contribution >= 4 is 46.0 Å². The average molecular weight is 425 g/mol. The van der Waals surface area contributed by atoms with Crippen molar-refractivity contribution in [2.24, 2.45) is 0 Å². The summed E-state index contributed by atoms with van der Waals surface area (Å²) in [5, 5.41) is 7.10. The summed E-state index contributed by atoms with van der Waals surface area (Å²) in [5.41, 5.74) is 2.71. The Morgan fingerprint density at radius 2 is 1.87 bits per heavy atom. The first-order chi connectivity index (χ1) is 14.5. The van der Waals surface area contributed by atoms with E-state index in [1.165, 1.54) is 4.90 Å². The molecule has 0 aliphatic carbocycles. The molecule has 4 rings (SSSR count). The Bertz CT molecular complexity index is 1090. The van der Waals surface area contributed by atoms with Gasteiger partial charge in [0.1, 0.15) is 6.04 Å². The van der Waals surface area contributed by atoms with Crippen LogP contribution in [0.3, 0.4) is 0 Å². The van der Waals surface area contributed by atoms with E-state index in [9.17, 15) is 14.4 Å². The second-order valence-corrected chi connectivity index (χ2v) is 7.63. The SMILES string of the molecule is O=C(CCC1NC(=O)N(CCc2c[nH]c3ccccc23)C1=O)Nc1ccc(Cl)cc1. The zero-order valence-corrected chi connectivity index (χ0v) is 16.9. The summed E-state index contributed by atoms with van der Waals surface area (Å²) in [4.78, 5) is 41.5. The van der Waals surface area contributed by atoms with Crippen LogP contribution in [-0.4, -0.2) is 40.3 Å². The Morgan fingerprint density at radius 1 is 1.10 bits per heavy atom. The number of H-pyrrole nitrogens is 1. The molecule has 1 aliphatic heterocycles. The van der Waals surface area contributed by atoms with Crippen molar-refractivity contribution in [3.63, 3.8) is 0 Å². The van der Waals surface area contributed by atoms with Crippen LogP contribution in [0.1, 0.15) is 18.4 Å². The highest BCUT2D eigenvalue weighted by molar-refractivity contribution is 6.30. The lowest BCUT2D eigenvalue weighted by Gasteiger charge is -2.12. The number of nitrogens with one attached hydrogen (secondary N) is 3. The topological polar surface area (TPSA) is 94.3 Å². The zero-order valence-electron chi connectivity index (χ0n) is 16.2. The molecule has 1 atom stereocenters. The van der Waals surface area contributed by atoms with Crippen LogP contribution in [-0.2, 0) is 16.0 Å². The number of urea groups is 1. The van der Waals surface area contributed by atoms with Gasteiger partial charge in [-0.15, -0.1) is 0 Å². The maximum atomic E-state index is 12.6. The van der Waals surface area contributed by atoms with E-state index in [4.69, 9.17) is 11.6 Å². The molecule has 0 spiro atoms. The highest BCUT2D eigenvalue weighted by Gasteiger charge is 2.37. The number of fused-ring (bicyclic) bond motifs is 1. The Balaban J connectivity index is 1.30. The van der Waals surface area contributed by atoms with Crippen LogP contribution in [0.15, 0.2) is 54.7 Å². The summed E-state index contributed by atoms with van der Waals surface area (Å²) >= 11 is 5.83. The number of aromatic amines is 1. The Labute approximate surface area is 178 Å². The fraction of sp³-hybridized carbons (Fsp3) is 0.227. The largest absolute Gasteiger partial charge is 0.361 e. The molecule has 4 amide bonds. The summed E-state index contributed by atoms with van der Waals surface area (Å²) in [5.74, 6) is -0.518. The monoisotopic (exact) mass is 424 g/mol. The molecule has 8 heteroatoms. The molecule has 30 heavy (non-hydrogen) atoms. The van der Waals surface area contributed by atoms with Gasteiger partial charge < -0.3 is 15.6 Å². The van der Waals surface area contributed by atoms with E-state index in [2.05, 4.69) is 15.6 Å². The number of aromatic nitrogens is 1. The van der Waals surface area contributed by atoms with Crippen molar-refractivity contribution in [2.75, 3.05) is 11.9 Å². The van der Waals surface area contributed by atoms with Crippen LogP contribution >= 0.6 is 11.6 Å². The van der Waals surface area contributed by atoms with Gasteiger partial charge in [0.25, 0.3) is 5.91 Å². The van der Waals surface area contributed by atoms with Gasteiger partial charge in [0, 0.05) is 40.8 Å². The predicted octanol–water partition coefficient (Wildman–Crippen LogP) is 3.70. The van der Waals surface area contributed by atoms with Gasteiger partial charge in [0.2, 0.25) is 5.91 Å². The number of halogens is 1. The molecule has 1 fully saturated rings. The zero-order chi connectivity index (χ0) is 21.1. The number of rotatable bonds is 7. The normalized spacial score (nSPS) is 16.2. The molecule has 1 aliphatic rings. The van der Waals surface area contributed by atoms with Gasteiger partial charge in [0.15, 0.2) is 0 Å². The van der Waals surface area contributed by atoms with E-state index in [-0.39, 0.29) is 24.7 Å². The van der Waals surface area contributed by atoms with Gasteiger partial charge >= 0.3 is 6.03 Å². The van der Waals surface area contributed by atoms with Gasteiger partial charge in [0.05, 0.1) is 0 Å². The van der Waals surface area contributed by atoms with E-state index in [0.717, 1.165) is 16.5 Å². The van der Waals surface area contributed by atoms with E-state index in [1.54, 1.807) is 24.3 Å². The number of anilines is 1. The Kier molecular flexibility index (Phi) is 5.72. The standard InChI is InChI=1S/C22H21ClN4O3/c23-15-5-7-16(8-6-15)25-20(28)10-9-19-21(29)27(22(30)26-19)12-11-14-13-24-18-4-2-1-3-17(14)18/h1-8,13,19,24H,9-12H2,(H,25,28)(H,26,30). The van der Waals surface area contributed by atoms with Crippen LogP contribution in [0.4, 0.5) is 10.5 Å². The van der Waals surface area contributed by atoms with E-state index in [0.29, 0.717) is 23.7 Å². The second kappa shape index (κ2) is 8.59. The molecule has 1 saturated heterocycles. The Morgan fingerprint density at radius 3 is 2.67 bits per heavy atom. The maximum absolute atomic E-state index is 12.6. The third kappa shape index (κ3) is 4.31. The van der Waals surface area contributed by atoms with E-state index >= 15 is 0 Å². The molecule has 0 radical (unpaired) electrons. The smallest absolute Gasteiger partial charge is 0.324 e. The number of imide groups is 1. The number of hydrogen-bond acceptors (Lipinski definition) is 3. The number of hydrogen-bond donors (Lipinski definition) is 3. The highest BCUT2D eigenvalue weighted by Crippen LogP contribution is 2.20. The van der Waals surface area contributed by atoms with Crippen LogP contribution in [0, 0.1) is 0 Å². The maximum Gasteiger partial charge on any atom is 0.324 e. The molecule has 0 saturated carbocycles. The summed E-state index contributed by atoms with van der Waals surface area (Å²) < 4.78 is 0. The summed E-state index contributed by atoms with van der Waals surface area (Å²) in [6.45, 7) is 0.292. The number of nitrogens with zero attached hydrogens (tertiary/aromatic N) is 1. The van der Waals surface area contributed by atoms with Crippen molar-refractivity contribution in [2.45, 2.75) is 25.3 Å². The number of carbonyl (C=O) groups excluding carboxylic acids is 3. The minimum Gasteiger partial charge on any atom is -0.361 e. The summed E-state index contributed by atoms with van der Waals surface area (Å²) in [6, 6.07) is 13.6. The van der Waals surface area contributed by atoms with Crippen LogP contribution in [0.5, 0.6) is 0 Å². The number of amides is 4. The number of benzene rings is 2. The first-order valence-corrected chi connectivity index (χ1v) is 10.1. The van der Waals surface area contributed by atoms with E-state index in [1.807, 2.05) is 30.5 Å². The van der Waals surface area contributed by atoms with Crippen LogP contribution in [0.25, 0.3) is 10.9 Å². The van der Waals surface area contributed by atoms with Crippen molar-refractivity contribution in [1.82, 2.24) is 15.2 Å². The average Bonchev–Trinajstić information content (AvgIpc) is 3.27. The van der Waals surface area contributed by atoms with Gasteiger partial charge in [-0.05, 0) is 48.7 Å². The minimum absolute atomic E-state index is 0.121. The molecule has 154 valence electrons. The van der Waals surface area contributed by atoms with Crippen LogP contribution in [0.2, 0.25) is 5.02 Å². The van der Waals surface area contributed by atoms with Crippen molar-refractivity contribution in [3.05, 3.63) is 65.3 Å². The third-order valence-corrected chi connectivity index (χ3v) is 5.43. The molecule has 3 aromatic rings. The fourth-order valence-corrected chi connectivity index (χ4v) is 3.71. The third-order valence-electron chi connectivity index (χ3n) is 5.17. The van der Waals surface area contributed by atoms with Crippen LogP contribution < -0.4 is 10.6 Å². The van der Waals surface area contributed by atoms with Gasteiger partial charge in [-0.2, -0.15) is 0 Å². The molecule has 7 nitrogen and oxygen atoms in total. The Hall–Kier alpha value is -3.32. The minimum atomic E-state index is -0.684. The molecule has 3 N–H and O–H groups in total. The quantitative estimate of drug-likeness (QED) is 0.505. The van der Waals surface area contributed by atoms with Gasteiger partial charge in [-0.25, -0.2) is 4.79 Å². The molecular weight excluding hydrogens is 404 g/mol. The molecule has 1 aromatic heterocycles. The highest BCUT2D eigenvalue weighted by atomic mass is 35.5. The second-order valence-electron chi connectivity index (χ2n) is 7.20. The van der Waals surface area contributed by atoms with Gasteiger partial charge in [-0.1, -0.05) is 29.8 Å². The molecule has 2 aromatic carbocycles. The predicted molar refractivity (Wildman–Crippen MR) is 115 cm³/mol. The summed E-state index contributed by atoms with van der Waals surface area (Å²) in [7, 11) is 0. The number of carbonyl (C=O) groups is 3. The van der Waals surface area contributed by atoms with Crippen molar-refractivity contribution in [1.29, 1.82) is 0 Å². The van der Waals surface area contributed by atoms with Crippen molar-refractivity contribution in [3.8, 4) is 0 Å². The molecule has 2 heterocycles. The summed E-state index contributed by atoms with van der Waals surface area (Å²) in [6.07, 6.45) is 2.83. The molecule has 1 unspecified atom stereocenters. The molecule has 0 bridgehead atoms. The lowest BCUT2D eigenvalue weighted by Crippen LogP contribution is -2.33. The fourth-order valence-electron chi connectivity index (χ4n) is 3.59. The lowest BCUT2D eigenvalue weighted by atomic mass is 10.1. The lowest BCUT2D eigenvalue weighted by molar-refractivity contribution is -0.127. The van der Waals surface area contributed by atoms with Crippen molar-refractivity contribution < 1.29 is 14.4 Å².